The van der Waals surface area contributed by atoms with E-state index in [0.717, 1.165) is 30.4 Å². The van der Waals surface area contributed by atoms with Gasteiger partial charge in [-0.3, -0.25) is 19.3 Å². The summed E-state index contributed by atoms with van der Waals surface area (Å²) in [4.78, 5) is 58.1. The highest BCUT2D eigenvalue weighted by Crippen LogP contribution is 2.48. The summed E-state index contributed by atoms with van der Waals surface area (Å²) in [6.45, 7) is 6.07. The second-order valence-corrected chi connectivity index (χ2v) is 13.0. The van der Waals surface area contributed by atoms with Gasteiger partial charge in [-0.25, -0.2) is 4.79 Å². The van der Waals surface area contributed by atoms with Crippen molar-refractivity contribution >= 4 is 23.8 Å². The lowest BCUT2D eigenvalue weighted by Gasteiger charge is -2.39. The first-order valence-electron chi connectivity index (χ1n) is 14.6. The normalized spacial score (nSPS) is 30.5. The highest BCUT2D eigenvalue weighted by Gasteiger charge is 2.57. The van der Waals surface area contributed by atoms with Gasteiger partial charge in [0.2, 0.25) is 11.8 Å². The van der Waals surface area contributed by atoms with Crippen molar-refractivity contribution < 1.29 is 23.9 Å². The number of carbonyl (C=O) groups excluding carboxylic acids is 4. The summed E-state index contributed by atoms with van der Waals surface area (Å²) in [5, 5.41) is 15.1. The molecule has 3 saturated heterocycles. The molecule has 4 amide bonds. The Bertz CT molecular complexity index is 1330. The van der Waals surface area contributed by atoms with E-state index in [4.69, 9.17) is 4.74 Å². The Morgan fingerprint density at radius 2 is 1.95 bits per heavy atom. The predicted octanol–water partition coefficient (Wildman–Crippen LogP) is 1.72. The van der Waals surface area contributed by atoms with E-state index in [1.54, 1.807) is 32.7 Å². The Hall–Kier alpha value is -3.65. The zero-order valence-corrected chi connectivity index (χ0v) is 24.1. The molecule has 2 aliphatic carbocycles. The first kappa shape index (κ1) is 27.5. The van der Waals surface area contributed by atoms with Crippen LogP contribution in [0.5, 0.6) is 0 Å². The maximum absolute atomic E-state index is 13.8. The van der Waals surface area contributed by atoms with Gasteiger partial charge in [0, 0.05) is 37.8 Å². The molecule has 0 radical (unpaired) electrons. The zero-order valence-electron chi connectivity index (χ0n) is 24.1. The fourth-order valence-electron chi connectivity index (χ4n) is 7.41. The van der Waals surface area contributed by atoms with Crippen molar-refractivity contribution in [1.29, 1.82) is 5.26 Å². The molecule has 5 aliphatic rings. The van der Waals surface area contributed by atoms with Gasteiger partial charge in [0.05, 0.1) is 18.2 Å². The van der Waals surface area contributed by atoms with Crippen LogP contribution in [0.1, 0.15) is 74.0 Å². The van der Waals surface area contributed by atoms with Crippen molar-refractivity contribution in [1.82, 2.24) is 25.3 Å². The molecule has 7 atom stereocenters. The van der Waals surface area contributed by atoms with Gasteiger partial charge in [0.15, 0.2) is 0 Å². The Morgan fingerprint density at radius 3 is 2.63 bits per heavy atom. The number of aryl methyl sites for hydroxylation is 1. The Morgan fingerprint density at radius 1 is 1.17 bits per heavy atom. The number of piperazine rings is 1. The van der Waals surface area contributed by atoms with Gasteiger partial charge in [-0.2, -0.15) is 5.26 Å². The Kier molecular flexibility index (Phi) is 6.72. The monoisotopic (exact) mass is 562 g/mol. The van der Waals surface area contributed by atoms with Crippen LogP contribution >= 0.6 is 0 Å². The van der Waals surface area contributed by atoms with Gasteiger partial charge in [0.25, 0.3) is 5.91 Å². The molecule has 1 aromatic rings. The highest BCUT2D eigenvalue weighted by molar-refractivity contribution is 5.94. The summed E-state index contributed by atoms with van der Waals surface area (Å²) in [6, 6.07) is 6.21. The van der Waals surface area contributed by atoms with Crippen LogP contribution in [-0.4, -0.2) is 94.5 Å². The van der Waals surface area contributed by atoms with Crippen LogP contribution < -0.4 is 10.6 Å². The molecule has 3 aliphatic heterocycles. The number of hydrogen-bond donors (Lipinski definition) is 2. The minimum Gasteiger partial charge on any atom is -0.444 e. The van der Waals surface area contributed by atoms with Crippen molar-refractivity contribution in [3.8, 4) is 6.07 Å². The highest BCUT2D eigenvalue weighted by atomic mass is 16.6. The molecule has 0 aromatic heterocycles. The van der Waals surface area contributed by atoms with Crippen LogP contribution in [0.3, 0.4) is 0 Å². The van der Waals surface area contributed by atoms with E-state index in [1.165, 1.54) is 0 Å². The Labute approximate surface area is 240 Å². The summed E-state index contributed by atoms with van der Waals surface area (Å²) in [7, 11) is 1.61. The average molecular weight is 563 g/mol. The van der Waals surface area contributed by atoms with Gasteiger partial charge in [-0.15, -0.1) is 0 Å². The van der Waals surface area contributed by atoms with E-state index in [-0.39, 0.29) is 48.4 Å². The number of carbonyl (C=O) groups is 4. The number of fused-ring (bicyclic) bond motifs is 4. The number of hydrogen-bond acceptors (Lipinski definition) is 7. The largest absolute Gasteiger partial charge is 0.444 e. The molecule has 2 N–H and O–H groups in total. The van der Waals surface area contributed by atoms with Gasteiger partial charge in [-0.1, -0.05) is 6.07 Å². The quantitative estimate of drug-likeness (QED) is 0.539. The molecule has 3 heterocycles. The number of likely N-dealkylation sites (tertiary alicyclic amines) is 3. The number of alkyl carbamates (subject to hydrolysis) is 1. The van der Waals surface area contributed by atoms with Crippen LogP contribution in [0.4, 0.5) is 4.79 Å². The molecule has 0 spiro atoms. The summed E-state index contributed by atoms with van der Waals surface area (Å²) in [5.41, 5.74) is 2.09. The number of amides is 4. The molecule has 218 valence electrons. The number of nitriles is 1. The van der Waals surface area contributed by atoms with Gasteiger partial charge in [-0.05, 0) is 82.1 Å². The molecule has 0 unspecified atom stereocenters. The van der Waals surface area contributed by atoms with E-state index in [0.29, 0.717) is 30.9 Å². The van der Waals surface area contributed by atoms with E-state index in [1.807, 2.05) is 28.0 Å². The van der Waals surface area contributed by atoms with Crippen LogP contribution in [0.25, 0.3) is 0 Å². The fourth-order valence-corrected chi connectivity index (χ4v) is 7.41. The summed E-state index contributed by atoms with van der Waals surface area (Å²) in [6.07, 6.45) is 3.16. The molecule has 6 rings (SSSR count). The summed E-state index contributed by atoms with van der Waals surface area (Å²) in [5.74, 6) is -0.0163. The molecule has 1 saturated carbocycles. The SMILES string of the molecule is CNC(=O)c1ccc2c(c1)CC[C@H]2N1C(=O)[C@@H]2C[C@H]1CN2C[C@H](NC(=O)OC(C)(C)C)C(=O)N1[C@H](C#N)C[C@@H]2C[C@@H]21. The second kappa shape index (κ2) is 10.0. The summed E-state index contributed by atoms with van der Waals surface area (Å²) >= 11 is 0. The Balaban J connectivity index is 1.17. The van der Waals surface area contributed by atoms with E-state index < -0.39 is 23.8 Å². The second-order valence-electron chi connectivity index (χ2n) is 13.0. The molecule has 4 fully saturated rings. The molecule has 2 bridgehead atoms. The third kappa shape index (κ3) is 4.92. The van der Waals surface area contributed by atoms with E-state index in [9.17, 15) is 24.4 Å². The molecule has 41 heavy (non-hydrogen) atoms. The van der Waals surface area contributed by atoms with E-state index in [2.05, 4.69) is 16.7 Å². The smallest absolute Gasteiger partial charge is 0.408 e. The minimum absolute atomic E-state index is 0.00537. The maximum atomic E-state index is 13.8. The lowest BCUT2D eigenvalue weighted by molar-refractivity contribution is -0.141. The summed E-state index contributed by atoms with van der Waals surface area (Å²) < 4.78 is 5.46. The first-order valence-corrected chi connectivity index (χ1v) is 14.6. The molecular formula is C30H38N6O5. The van der Waals surface area contributed by atoms with Crippen LogP contribution in [0.15, 0.2) is 18.2 Å². The topological polar surface area (TPSA) is 135 Å². The number of benzene rings is 1. The number of nitrogens with one attached hydrogen (secondary N) is 2. The maximum Gasteiger partial charge on any atom is 0.408 e. The molecule has 11 nitrogen and oxygen atoms in total. The molecule has 1 aromatic carbocycles. The van der Waals surface area contributed by atoms with Crippen molar-refractivity contribution in [3.63, 3.8) is 0 Å². The number of ether oxygens (including phenoxy) is 1. The molecular weight excluding hydrogens is 524 g/mol. The van der Waals surface area contributed by atoms with Crippen molar-refractivity contribution in [3.05, 3.63) is 34.9 Å². The van der Waals surface area contributed by atoms with Gasteiger partial charge < -0.3 is 25.2 Å². The molecule has 11 heteroatoms. The number of rotatable bonds is 6. The van der Waals surface area contributed by atoms with Gasteiger partial charge >= 0.3 is 6.09 Å². The van der Waals surface area contributed by atoms with Gasteiger partial charge in [0.1, 0.15) is 17.7 Å². The van der Waals surface area contributed by atoms with Crippen molar-refractivity contribution in [2.75, 3.05) is 20.1 Å². The first-order chi connectivity index (χ1) is 19.5. The lowest BCUT2D eigenvalue weighted by atomic mass is 10.0. The number of piperidine rings is 1. The lowest BCUT2D eigenvalue weighted by Crippen LogP contribution is -2.59. The zero-order chi connectivity index (χ0) is 29.2. The van der Waals surface area contributed by atoms with Crippen LogP contribution in [0.2, 0.25) is 0 Å². The predicted molar refractivity (Wildman–Crippen MR) is 147 cm³/mol. The average Bonchev–Trinajstić information content (AvgIpc) is 3.24. The third-order valence-electron chi connectivity index (χ3n) is 9.24. The van der Waals surface area contributed by atoms with E-state index >= 15 is 0 Å². The fraction of sp³-hybridized carbons (Fsp3) is 0.633. The van der Waals surface area contributed by atoms with Crippen molar-refractivity contribution in [2.45, 2.75) is 94.7 Å². The third-order valence-corrected chi connectivity index (χ3v) is 9.24. The van der Waals surface area contributed by atoms with Crippen molar-refractivity contribution in [2.24, 2.45) is 5.92 Å². The standard InChI is InChI=1S/C30H38N6O5/c1-30(2,3)41-29(40)33-22(27(38)35-19(13-31)10-18-11-24(18)35)15-34-14-20-12-25(34)28(39)36(20)23-8-6-16-9-17(26(37)32-4)5-7-21(16)23/h5,7,9,18-20,22-25H,6,8,10-12,14-15H2,1-4H3,(H,32,37)(H,33,40)/t18-,19+,20+,22+,23-,24+,25+/m1/s1. The van der Waals surface area contributed by atoms with Crippen LogP contribution in [-0.2, 0) is 20.7 Å². The minimum atomic E-state index is -0.920. The number of nitrogens with zero attached hydrogens (tertiary/aromatic N) is 4. The van der Waals surface area contributed by atoms with Crippen LogP contribution in [0, 0.1) is 17.2 Å².